The van der Waals surface area contributed by atoms with Crippen LogP contribution in [0, 0.1) is 12.7 Å². The minimum absolute atomic E-state index is 0.0332. The Morgan fingerprint density at radius 3 is 2.63 bits per heavy atom. The molecule has 1 amide bonds. The van der Waals surface area contributed by atoms with E-state index in [-0.39, 0.29) is 40.5 Å². The molecule has 0 aliphatic carbocycles. The van der Waals surface area contributed by atoms with Crippen LogP contribution in [0.1, 0.15) is 34.6 Å². The predicted molar refractivity (Wildman–Crippen MR) is 128 cm³/mol. The molecule has 1 aliphatic heterocycles. The second-order valence-electron chi connectivity index (χ2n) is 8.49. The number of benzene rings is 1. The van der Waals surface area contributed by atoms with Gasteiger partial charge in [-0.3, -0.25) is 14.7 Å². The lowest BCUT2D eigenvalue weighted by atomic mass is 10.1. The second-order valence-corrected chi connectivity index (χ2v) is 9.27. The van der Waals surface area contributed by atoms with Crippen molar-refractivity contribution in [1.29, 1.82) is 0 Å². The number of nitrogens with one attached hydrogen (secondary N) is 2. The van der Waals surface area contributed by atoms with Crippen molar-refractivity contribution in [3.63, 3.8) is 0 Å². The molecule has 1 aliphatic rings. The van der Waals surface area contributed by atoms with Gasteiger partial charge in [0.15, 0.2) is 17.3 Å². The monoisotopic (exact) mass is 560 g/mol. The minimum Gasteiger partial charge on any atom is -0.487 e. The molecule has 1 aromatic carbocycles. The first kappa shape index (κ1) is 27.6. The zero-order chi connectivity index (χ0) is 27.4. The van der Waals surface area contributed by atoms with Gasteiger partial charge >= 0.3 is 6.18 Å². The number of hydrogen-bond donors (Lipinski definition) is 2. The third-order valence-electron chi connectivity index (χ3n) is 5.67. The minimum atomic E-state index is -4.69. The molecular formula is C23H22F6N6O2S. The normalized spacial score (nSPS) is 15.1. The number of ether oxygens (including phenoxy) is 1. The highest BCUT2D eigenvalue weighted by molar-refractivity contribution is 7.10. The number of likely N-dealkylation sites (tertiary alicyclic amines) is 1. The molecule has 204 valence electrons. The van der Waals surface area contributed by atoms with Crippen molar-refractivity contribution in [3.8, 4) is 5.75 Å². The Bertz CT molecular complexity index is 1280. The molecule has 3 heterocycles. The number of halogens is 6. The molecule has 1 saturated heterocycles. The lowest BCUT2D eigenvalue weighted by Crippen LogP contribution is -2.40. The first-order valence-corrected chi connectivity index (χ1v) is 12.2. The maximum absolute atomic E-state index is 14.7. The Morgan fingerprint density at radius 2 is 1.97 bits per heavy atom. The molecule has 15 heteroatoms. The Labute approximate surface area is 217 Å². The van der Waals surface area contributed by atoms with Gasteiger partial charge in [0.1, 0.15) is 16.9 Å². The number of anilines is 3. The summed E-state index contributed by atoms with van der Waals surface area (Å²) in [5, 5.41) is 5.31. The standard InChI is InChI=1S/C23H22F6N6O2S/c1-12-20(22(38-34-12)33-19-10-30-9-17(32-19)23(27,28)29)21(36)31-13-2-3-16(15(24)8-13)37-14-4-6-35(7-5-14)11-18(25)26/h2-3,8-10,14,18H,4-7,11H2,1H3,(H,31,36)(H,32,33). The van der Waals surface area contributed by atoms with E-state index in [1.165, 1.54) is 12.1 Å². The van der Waals surface area contributed by atoms with E-state index in [4.69, 9.17) is 4.74 Å². The van der Waals surface area contributed by atoms with E-state index in [9.17, 15) is 31.1 Å². The lowest BCUT2D eigenvalue weighted by molar-refractivity contribution is -0.141. The summed E-state index contributed by atoms with van der Waals surface area (Å²) in [6.45, 7) is 2.07. The first-order chi connectivity index (χ1) is 18.0. The van der Waals surface area contributed by atoms with Crippen LogP contribution in [0.4, 0.5) is 42.8 Å². The fraction of sp³-hybridized carbons (Fsp3) is 0.391. The van der Waals surface area contributed by atoms with Gasteiger partial charge in [-0.2, -0.15) is 17.5 Å². The molecule has 0 saturated carbocycles. The number of rotatable bonds is 8. The van der Waals surface area contributed by atoms with E-state index < -0.39 is 30.0 Å². The van der Waals surface area contributed by atoms with Crippen molar-refractivity contribution >= 4 is 33.9 Å². The highest BCUT2D eigenvalue weighted by Gasteiger charge is 2.33. The van der Waals surface area contributed by atoms with Gasteiger partial charge < -0.3 is 15.4 Å². The van der Waals surface area contributed by atoms with Crippen molar-refractivity contribution in [2.24, 2.45) is 0 Å². The van der Waals surface area contributed by atoms with Gasteiger partial charge in [-0.1, -0.05) is 0 Å². The average Bonchev–Trinajstić information content (AvgIpc) is 3.21. The topological polar surface area (TPSA) is 92.3 Å². The zero-order valence-corrected chi connectivity index (χ0v) is 20.7. The molecule has 4 rings (SSSR count). The number of nitrogens with zero attached hydrogens (tertiary/aromatic N) is 4. The molecule has 0 unspecified atom stereocenters. The van der Waals surface area contributed by atoms with Gasteiger partial charge in [0.25, 0.3) is 12.3 Å². The quantitative estimate of drug-likeness (QED) is 0.352. The molecule has 8 nitrogen and oxygen atoms in total. The van der Waals surface area contributed by atoms with Gasteiger partial charge in [0.2, 0.25) is 0 Å². The number of aryl methyl sites for hydroxylation is 1. The van der Waals surface area contributed by atoms with Gasteiger partial charge in [-0.05, 0) is 43.4 Å². The average molecular weight is 561 g/mol. The fourth-order valence-electron chi connectivity index (χ4n) is 3.85. The van der Waals surface area contributed by atoms with Crippen molar-refractivity contribution in [1.82, 2.24) is 19.2 Å². The SMILES string of the molecule is Cc1nsc(Nc2cncc(C(F)(F)F)n2)c1C(=O)Nc1ccc(OC2CCN(CC(F)F)CC2)c(F)c1. The first-order valence-electron chi connectivity index (χ1n) is 11.4. The van der Waals surface area contributed by atoms with Crippen LogP contribution in [0.15, 0.2) is 30.6 Å². The largest absolute Gasteiger partial charge is 0.487 e. The summed E-state index contributed by atoms with van der Waals surface area (Å²) in [5.41, 5.74) is -0.743. The molecule has 0 spiro atoms. The summed E-state index contributed by atoms with van der Waals surface area (Å²) < 4.78 is 88.4. The molecule has 2 N–H and O–H groups in total. The Balaban J connectivity index is 1.40. The molecule has 2 aromatic heterocycles. The third-order valence-corrected chi connectivity index (χ3v) is 6.52. The van der Waals surface area contributed by atoms with Crippen molar-refractivity contribution in [2.75, 3.05) is 30.3 Å². The zero-order valence-electron chi connectivity index (χ0n) is 19.9. The van der Waals surface area contributed by atoms with Gasteiger partial charge in [-0.15, -0.1) is 0 Å². The van der Waals surface area contributed by atoms with Crippen molar-refractivity contribution in [2.45, 2.75) is 38.5 Å². The van der Waals surface area contributed by atoms with Gasteiger partial charge in [-0.25, -0.2) is 18.2 Å². The van der Waals surface area contributed by atoms with Crippen LogP contribution < -0.4 is 15.4 Å². The number of amides is 1. The number of hydrogen-bond acceptors (Lipinski definition) is 8. The molecule has 3 aromatic rings. The number of alkyl halides is 5. The van der Waals surface area contributed by atoms with Crippen LogP contribution in [-0.2, 0) is 6.18 Å². The van der Waals surface area contributed by atoms with Crippen LogP contribution in [-0.4, -0.2) is 57.3 Å². The maximum Gasteiger partial charge on any atom is 0.434 e. The summed E-state index contributed by atoms with van der Waals surface area (Å²) in [4.78, 5) is 21.6. The fourth-order valence-corrected chi connectivity index (χ4v) is 4.66. The summed E-state index contributed by atoms with van der Waals surface area (Å²) in [5.74, 6) is -1.66. The van der Waals surface area contributed by atoms with Crippen LogP contribution in [0.25, 0.3) is 0 Å². The molecule has 0 radical (unpaired) electrons. The van der Waals surface area contributed by atoms with Gasteiger partial charge in [0.05, 0.1) is 30.2 Å². The van der Waals surface area contributed by atoms with Crippen molar-refractivity contribution < 1.29 is 35.9 Å². The lowest BCUT2D eigenvalue weighted by Gasteiger charge is -2.31. The Kier molecular flexibility index (Phi) is 8.35. The molecule has 1 fully saturated rings. The van der Waals surface area contributed by atoms with E-state index in [0.717, 1.165) is 23.8 Å². The number of carbonyl (C=O) groups is 1. The molecule has 0 atom stereocenters. The number of piperidine rings is 1. The highest BCUT2D eigenvalue weighted by Crippen LogP contribution is 2.32. The van der Waals surface area contributed by atoms with Crippen LogP contribution in [0.3, 0.4) is 0 Å². The van der Waals surface area contributed by atoms with Crippen LogP contribution in [0.5, 0.6) is 5.75 Å². The van der Waals surface area contributed by atoms with E-state index >= 15 is 0 Å². The third kappa shape index (κ3) is 6.89. The summed E-state index contributed by atoms with van der Waals surface area (Å²) in [6, 6.07) is 3.86. The van der Waals surface area contributed by atoms with E-state index in [1.807, 2.05) is 0 Å². The second kappa shape index (κ2) is 11.5. The molecule has 38 heavy (non-hydrogen) atoms. The number of carbonyl (C=O) groups excluding carboxylic acids is 1. The van der Waals surface area contributed by atoms with E-state index in [1.54, 1.807) is 11.8 Å². The van der Waals surface area contributed by atoms with Gasteiger partial charge in [0, 0.05) is 24.8 Å². The molecular weight excluding hydrogens is 538 g/mol. The van der Waals surface area contributed by atoms with Crippen molar-refractivity contribution in [3.05, 3.63) is 53.4 Å². The van der Waals surface area contributed by atoms with Crippen LogP contribution in [0.2, 0.25) is 0 Å². The summed E-state index contributed by atoms with van der Waals surface area (Å²) in [7, 11) is 0. The summed E-state index contributed by atoms with van der Waals surface area (Å²) in [6.07, 6.45) is -4.84. The number of aromatic nitrogens is 3. The molecule has 0 bridgehead atoms. The van der Waals surface area contributed by atoms with E-state index in [0.29, 0.717) is 37.8 Å². The smallest absolute Gasteiger partial charge is 0.434 e. The maximum atomic E-state index is 14.7. The predicted octanol–water partition coefficient (Wildman–Crippen LogP) is 5.50. The van der Waals surface area contributed by atoms with E-state index in [2.05, 4.69) is 25.0 Å². The Hall–Kier alpha value is -3.46. The summed E-state index contributed by atoms with van der Waals surface area (Å²) >= 11 is 0.841. The highest BCUT2D eigenvalue weighted by atomic mass is 32.1. The Morgan fingerprint density at radius 1 is 1.24 bits per heavy atom. The van der Waals surface area contributed by atoms with Crippen LogP contribution >= 0.6 is 11.5 Å².